The van der Waals surface area contributed by atoms with Crippen LogP contribution in [0.1, 0.15) is 45.6 Å². The van der Waals surface area contributed by atoms with E-state index >= 15 is 0 Å². The molecule has 6 nitrogen and oxygen atoms in total. The number of hydrogen-bond donors (Lipinski definition) is 2. The number of nitrogens with zero attached hydrogens (tertiary/aromatic N) is 1. The van der Waals surface area contributed by atoms with Crippen molar-refractivity contribution in [2.75, 3.05) is 24.6 Å². The van der Waals surface area contributed by atoms with Crippen LogP contribution in [0.25, 0.3) is 0 Å². The Balaban J connectivity index is 1.44. The van der Waals surface area contributed by atoms with Gasteiger partial charge in [-0.1, -0.05) is 32.0 Å². The zero-order valence-corrected chi connectivity index (χ0v) is 16.6. The van der Waals surface area contributed by atoms with Gasteiger partial charge in [0, 0.05) is 43.6 Å². The van der Waals surface area contributed by atoms with Crippen molar-refractivity contribution in [3.05, 3.63) is 29.8 Å². The highest BCUT2D eigenvalue weighted by atomic mass is 16.5. The van der Waals surface area contributed by atoms with Gasteiger partial charge in [-0.15, -0.1) is 0 Å². The maximum Gasteiger partial charge on any atom is 0.240 e. The van der Waals surface area contributed by atoms with Gasteiger partial charge in [0.2, 0.25) is 11.8 Å². The lowest BCUT2D eigenvalue weighted by Crippen LogP contribution is -2.75. The van der Waals surface area contributed by atoms with Crippen molar-refractivity contribution in [3.8, 4) is 0 Å². The van der Waals surface area contributed by atoms with E-state index in [1.54, 1.807) is 0 Å². The van der Waals surface area contributed by atoms with E-state index in [-0.39, 0.29) is 17.9 Å². The third kappa shape index (κ3) is 3.48. The Bertz CT molecular complexity index is 718. The molecule has 6 heteroatoms. The van der Waals surface area contributed by atoms with Gasteiger partial charge >= 0.3 is 0 Å². The number of ether oxygens (including phenoxy) is 1. The Morgan fingerprint density at radius 1 is 1.33 bits per heavy atom. The summed E-state index contributed by atoms with van der Waals surface area (Å²) in [6.07, 6.45) is 2.47. The number of carbonyl (C=O) groups is 2. The molecule has 2 amide bonds. The van der Waals surface area contributed by atoms with E-state index in [1.807, 2.05) is 43.9 Å². The zero-order chi connectivity index (χ0) is 19.7. The minimum Gasteiger partial charge on any atom is -0.378 e. The molecule has 1 aromatic rings. The first-order valence-corrected chi connectivity index (χ1v) is 9.88. The molecule has 3 N–H and O–H groups in total. The molecule has 2 unspecified atom stereocenters. The summed E-state index contributed by atoms with van der Waals surface area (Å²) in [7, 11) is 0. The summed E-state index contributed by atoms with van der Waals surface area (Å²) >= 11 is 0. The van der Waals surface area contributed by atoms with Crippen molar-refractivity contribution in [1.82, 2.24) is 5.32 Å². The highest BCUT2D eigenvalue weighted by Crippen LogP contribution is 2.49. The number of fused-ring (bicyclic) bond motifs is 1. The first kappa shape index (κ1) is 19.8. The molecule has 27 heavy (non-hydrogen) atoms. The number of nitrogens with two attached hydrogens (primary N) is 1. The number of anilines is 1. The predicted octanol–water partition coefficient (Wildman–Crippen LogP) is 2.00. The molecule has 1 aromatic carbocycles. The highest BCUT2D eigenvalue weighted by Gasteiger charge is 2.62. The van der Waals surface area contributed by atoms with Crippen molar-refractivity contribution >= 4 is 17.5 Å². The molecule has 1 aliphatic heterocycles. The summed E-state index contributed by atoms with van der Waals surface area (Å²) in [5.74, 6) is -0.0422. The van der Waals surface area contributed by atoms with Crippen molar-refractivity contribution in [3.63, 3.8) is 0 Å². The van der Waals surface area contributed by atoms with Gasteiger partial charge in [0.25, 0.3) is 0 Å². The van der Waals surface area contributed by atoms with Crippen LogP contribution < -0.4 is 16.0 Å². The number of carbonyl (C=O) groups excluding carboxylic acids is 2. The van der Waals surface area contributed by atoms with E-state index in [0.29, 0.717) is 32.4 Å². The molecule has 1 aliphatic carbocycles. The molecule has 1 fully saturated rings. The van der Waals surface area contributed by atoms with Crippen LogP contribution >= 0.6 is 0 Å². The van der Waals surface area contributed by atoms with Crippen LogP contribution in [-0.4, -0.2) is 43.2 Å². The Labute approximate surface area is 161 Å². The van der Waals surface area contributed by atoms with Gasteiger partial charge < -0.3 is 20.7 Å². The fraction of sp³-hybridized carbons (Fsp3) is 0.619. The molecule has 1 saturated carbocycles. The number of nitrogens with one attached hydrogen (secondary N) is 1. The maximum absolute atomic E-state index is 12.6. The minimum absolute atomic E-state index is 0.00932. The summed E-state index contributed by atoms with van der Waals surface area (Å²) in [4.78, 5) is 26.9. The van der Waals surface area contributed by atoms with Crippen LogP contribution in [0.4, 0.5) is 5.69 Å². The topological polar surface area (TPSA) is 84.7 Å². The molecule has 0 saturated heterocycles. The number of rotatable bonds is 7. The molecular weight excluding hydrogens is 342 g/mol. The van der Waals surface area contributed by atoms with Gasteiger partial charge in [-0.05, 0) is 31.4 Å². The standard InChI is InChI=1S/C21H31N3O3/c1-4-27-17-14-21(22,20(17,2)3)19(26)23-12-7-10-18(25)24-13-11-15-8-5-6-9-16(15)24/h5-6,8-9,17H,4,7,10-14,22H2,1-3H3,(H,23,26). The van der Waals surface area contributed by atoms with Gasteiger partial charge in [-0.25, -0.2) is 0 Å². The second-order valence-corrected chi connectivity index (χ2v) is 8.12. The normalized spacial score (nSPS) is 25.6. The fourth-order valence-corrected chi connectivity index (χ4v) is 4.15. The third-order valence-electron chi connectivity index (χ3n) is 6.28. The first-order valence-electron chi connectivity index (χ1n) is 9.88. The molecule has 0 spiro atoms. The number of benzene rings is 1. The monoisotopic (exact) mass is 373 g/mol. The largest absolute Gasteiger partial charge is 0.378 e. The highest BCUT2D eigenvalue weighted by molar-refractivity contribution is 5.95. The van der Waals surface area contributed by atoms with Crippen molar-refractivity contribution in [2.45, 2.75) is 58.1 Å². The van der Waals surface area contributed by atoms with Crippen LogP contribution in [0.5, 0.6) is 0 Å². The van der Waals surface area contributed by atoms with Gasteiger partial charge in [0.05, 0.1) is 6.10 Å². The minimum atomic E-state index is -0.912. The van der Waals surface area contributed by atoms with E-state index < -0.39 is 11.0 Å². The second-order valence-electron chi connectivity index (χ2n) is 8.12. The molecule has 3 rings (SSSR count). The van der Waals surface area contributed by atoms with Crippen LogP contribution in [0.15, 0.2) is 24.3 Å². The molecule has 2 atom stereocenters. The lowest BCUT2D eigenvalue weighted by molar-refractivity contribution is -0.170. The van der Waals surface area contributed by atoms with Gasteiger partial charge in [-0.3, -0.25) is 9.59 Å². The molecule has 1 heterocycles. The SMILES string of the molecule is CCOC1CC(N)(C(=O)NCCCC(=O)N2CCc3ccccc32)C1(C)C. The first-order chi connectivity index (χ1) is 12.8. The molecule has 0 radical (unpaired) electrons. The summed E-state index contributed by atoms with van der Waals surface area (Å²) in [6.45, 7) is 7.71. The van der Waals surface area contributed by atoms with E-state index in [2.05, 4.69) is 11.4 Å². The summed E-state index contributed by atoms with van der Waals surface area (Å²) < 4.78 is 5.67. The number of amides is 2. The summed E-state index contributed by atoms with van der Waals surface area (Å²) in [6, 6.07) is 8.03. The summed E-state index contributed by atoms with van der Waals surface area (Å²) in [5, 5.41) is 2.92. The van der Waals surface area contributed by atoms with Crippen LogP contribution in [0.2, 0.25) is 0 Å². The van der Waals surface area contributed by atoms with Gasteiger partial charge in [0.15, 0.2) is 0 Å². The Hall–Kier alpha value is -1.92. The van der Waals surface area contributed by atoms with Gasteiger partial charge in [0.1, 0.15) is 5.54 Å². The summed E-state index contributed by atoms with van der Waals surface area (Å²) in [5.41, 5.74) is 7.30. The second kappa shape index (κ2) is 7.60. The Morgan fingerprint density at radius 3 is 2.78 bits per heavy atom. The van der Waals surface area contributed by atoms with Crippen molar-refractivity contribution < 1.29 is 14.3 Å². The predicted molar refractivity (Wildman–Crippen MR) is 105 cm³/mol. The average Bonchev–Trinajstić information content (AvgIpc) is 3.08. The quantitative estimate of drug-likeness (QED) is 0.716. The zero-order valence-electron chi connectivity index (χ0n) is 16.6. The van der Waals surface area contributed by atoms with Gasteiger partial charge in [-0.2, -0.15) is 0 Å². The van der Waals surface area contributed by atoms with Crippen LogP contribution in [0.3, 0.4) is 0 Å². The molecule has 0 bridgehead atoms. The van der Waals surface area contributed by atoms with Crippen molar-refractivity contribution in [2.24, 2.45) is 11.1 Å². The Morgan fingerprint density at radius 2 is 2.07 bits per heavy atom. The van der Waals surface area contributed by atoms with Crippen LogP contribution in [-0.2, 0) is 20.7 Å². The maximum atomic E-state index is 12.6. The molecule has 0 aromatic heterocycles. The fourth-order valence-electron chi connectivity index (χ4n) is 4.15. The number of hydrogen-bond acceptors (Lipinski definition) is 4. The lowest BCUT2D eigenvalue weighted by Gasteiger charge is -2.57. The smallest absolute Gasteiger partial charge is 0.240 e. The van der Waals surface area contributed by atoms with E-state index in [4.69, 9.17) is 10.5 Å². The van der Waals surface area contributed by atoms with E-state index in [1.165, 1.54) is 5.56 Å². The Kier molecular flexibility index (Phi) is 5.58. The number of para-hydroxylation sites is 1. The molecule has 2 aliphatic rings. The van der Waals surface area contributed by atoms with E-state index in [0.717, 1.165) is 18.7 Å². The third-order valence-corrected chi connectivity index (χ3v) is 6.28. The van der Waals surface area contributed by atoms with Crippen LogP contribution in [0, 0.1) is 5.41 Å². The lowest BCUT2D eigenvalue weighted by atomic mass is 9.54. The molecule has 148 valence electrons. The average molecular weight is 373 g/mol. The molecular formula is C21H31N3O3. The van der Waals surface area contributed by atoms with Crippen molar-refractivity contribution in [1.29, 1.82) is 0 Å². The van der Waals surface area contributed by atoms with E-state index in [9.17, 15) is 9.59 Å².